The molecule has 0 radical (unpaired) electrons. The number of halogens is 1. The van der Waals surface area contributed by atoms with Gasteiger partial charge in [-0.2, -0.15) is 5.10 Å². The van der Waals surface area contributed by atoms with Crippen molar-refractivity contribution in [2.45, 2.75) is 11.8 Å². The Hall–Kier alpha value is -3.17. The van der Waals surface area contributed by atoms with Crippen LogP contribution in [0.5, 0.6) is 5.75 Å². The Kier molecular flexibility index (Phi) is 7.66. The molecule has 0 saturated heterocycles. The lowest BCUT2D eigenvalue weighted by molar-refractivity contribution is -0.119. The number of ether oxygens (including phenoxy) is 1. The maximum Gasteiger partial charge on any atom is 0.264 e. The molecule has 3 rings (SSSR count). The number of nitrogens with zero attached hydrogens (tertiary/aromatic N) is 2. The van der Waals surface area contributed by atoms with E-state index < -0.39 is 22.5 Å². The number of hydrogen-bond donors (Lipinski definition) is 1. The second-order valence-corrected chi connectivity index (χ2v) is 9.62. The summed E-state index contributed by atoms with van der Waals surface area (Å²) in [4.78, 5) is 12.7. The maximum absolute atomic E-state index is 13.4. The Labute approximate surface area is 195 Å². The number of nitrogens with one attached hydrogen (secondary N) is 1. The zero-order valence-electron chi connectivity index (χ0n) is 17.5. The summed E-state index contributed by atoms with van der Waals surface area (Å²) in [7, 11) is -2.60. The smallest absolute Gasteiger partial charge is 0.264 e. The summed E-state index contributed by atoms with van der Waals surface area (Å²) in [5, 5.41) is 3.94. The molecule has 3 aromatic carbocycles. The van der Waals surface area contributed by atoms with Crippen molar-refractivity contribution >= 4 is 43.8 Å². The molecular weight excluding hydrogens is 494 g/mol. The number of hydrazone groups is 1. The molecule has 0 atom stereocenters. The van der Waals surface area contributed by atoms with Crippen LogP contribution in [0.15, 0.2) is 87.3 Å². The van der Waals surface area contributed by atoms with Gasteiger partial charge >= 0.3 is 0 Å². The van der Waals surface area contributed by atoms with Gasteiger partial charge in [-0.05, 0) is 54.4 Å². The summed E-state index contributed by atoms with van der Waals surface area (Å²) in [6.07, 6.45) is 1.48. The number of anilines is 1. The van der Waals surface area contributed by atoms with Gasteiger partial charge < -0.3 is 4.74 Å². The minimum absolute atomic E-state index is 0.0646. The Morgan fingerprint density at radius 1 is 1.09 bits per heavy atom. The summed E-state index contributed by atoms with van der Waals surface area (Å²) in [6, 6.07) is 20.4. The van der Waals surface area contributed by atoms with Crippen molar-refractivity contribution in [3.63, 3.8) is 0 Å². The number of hydrogen-bond acceptors (Lipinski definition) is 5. The highest BCUT2D eigenvalue weighted by atomic mass is 79.9. The zero-order valence-corrected chi connectivity index (χ0v) is 19.9. The second kappa shape index (κ2) is 10.4. The Morgan fingerprint density at radius 3 is 2.44 bits per heavy atom. The molecule has 0 heterocycles. The molecule has 3 aromatic rings. The minimum atomic E-state index is -4.05. The van der Waals surface area contributed by atoms with Crippen molar-refractivity contribution in [3.8, 4) is 5.75 Å². The monoisotopic (exact) mass is 515 g/mol. The van der Waals surface area contributed by atoms with E-state index in [-0.39, 0.29) is 10.6 Å². The highest BCUT2D eigenvalue weighted by molar-refractivity contribution is 9.10. The maximum atomic E-state index is 13.4. The van der Waals surface area contributed by atoms with Gasteiger partial charge in [-0.15, -0.1) is 0 Å². The average Bonchev–Trinajstić information content (AvgIpc) is 2.79. The van der Waals surface area contributed by atoms with Crippen LogP contribution in [0, 0.1) is 6.92 Å². The topological polar surface area (TPSA) is 88.1 Å². The highest BCUT2D eigenvalue weighted by Crippen LogP contribution is 2.33. The SMILES string of the molecule is COc1ccc(C)cc1N(CC(=O)N/N=C\c1ccc(Br)cc1)S(=O)(=O)c1ccccc1. The van der Waals surface area contributed by atoms with Crippen LogP contribution in [0.4, 0.5) is 5.69 Å². The van der Waals surface area contributed by atoms with Crippen molar-refractivity contribution in [2.75, 3.05) is 18.0 Å². The molecule has 0 aliphatic heterocycles. The summed E-state index contributed by atoms with van der Waals surface area (Å²) < 4.78 is 34.2. The number of methoxy groups -OCH3 is 1. The second-order valence-electron chi connectivity index (χ2n) is 6.84. The molecule has 0 aromatic heterocycles. The van der Waals surface area contributed by atoms with Gasteiger partial charge in [0.05, 0.1) is 23.9 Å². The van der Waals surface area contributed by atoms with E-state index in [2.05, 4.69) is 26.5 Å². The summed E-state index contributed by atoms with van der Waals surface area (Å²) in [6.45, 7) is 1.35. The van der Waals surface area contributed by atoms with Crippen LogP contribution in [-0.2, 0) is 14.8 Å². The van der Waals surface area contributed by atoms with Crippen molar-refractivity contribution in [2.24, 2.45) is 5.10 Å². The predicted octanol–water partition coefficient (Wildman–Crippen LogP) is 4.11. The van der Waals surface area contributed by atoms with Crippen molar-refractivity contribution in [3.05, 3.63) is 88.4 Å². The van der Waals surface area contributed by atoms with E-state index in [1.54, 1.807) is 36.4 Å². The molecule has 9 heteroatoms. The molecule has 7 nitrogen and oxygen atoms in total. The van der Waals surface area contributed by atoms with Gasteiger partial charge in [-0.1, -0.05) is 52.3 Å². The molecule has 0 saturated carbocycles. The fourth-order valence-electron chi connectivity index (χ4n) is 2.91. The van der Waals surface area contributed by atoms with Gasteiger partial charge in [-0.25, -0.2) is 13.8 Å². The average molecular weight is 516 g/mol. The van der Waals surface area contributed by atoms with Gasteiger partial charge in [0.15, 0.2) is 0 Å². The molecule has 1 amide bonds. The molecule has 0 unspecified atom stereocenters. The van der Waals surface area contributed by atoms with Crippen LogP contribution in [-0.4, -0.2) is 34.2 Å². The lowest BCUT2D eigenvalue weighted by Gasteiger charge is -2.25. The minimum Gasteiger partial charge on any atom is -0.495 e. The van der Waals surface area contributed by atoms with Crippen molar-refractivity contribution in [1.29, 1.82) is 0 Å². The molecule has 32 heavy (non-hydrogen) atoms. The summed E-state index contributed by atoms with van der Waals surface area (Å²) in [5.41, 5.74) is 4.26. The lowest BCUT2D eigenvalue weighted by Crippen LogP contribution is -2.39. The molecule has 0 bridgehead atoms. The molecule has 0 spiro atoms. The first-order valence-electron chi connectivity index (χ1n) is 9.61. The van der Waals surface area contributed by atoms with E-state index >= 15 is 0 Å². The molecule has 166 valence electrons. The molecule has 0 aliphatic rings. The van der Waals surface area contributed by atoms with E-state index in [0.717, 1.165) is 19.9 Å². The fourth-order valence-corrected chi connectivity index (χ4v) is 4.62. The van der Waals surface area contributed by atoms with Gasteiger partial charge in [0, 0.05) is 4.47 Å². The van der Waals surface area contributed by atoms with Crippen LogP contribution in [0.3, 0.4) is 0 Å². The standard InChI is InChI=1S/C23H22BrN3O4S/c1-17-8-13-22(31-2)21(14-17)27(32(29,30)20-6-4-3-5-7-20)16-23(28)26-25-15-18-9-11-19(24)12-10-18/h3-15H,16H2,1-2H3,(H,26,28)/b25-15-. The Balaban J connectivity index is 1.90. The third-order valence-electron chi connectivity index (χ3n) is 4.49. The van der Waals surface area contributed by atoms with Gasteiger partial charge in [0.1, 0.15) is 12.3 Å². The number of aryl methyl sites for hydroxylation is 1. The van der Waals surface area contributed by atoms with E-state index in [1.807, 2.05) is 31.2 Å². The fraction of sp³-hybridized carbons (Fsp3) is 0.130. The highest BCUT2D eigenvalue weighted by Gasteiger charge is 2.29. The Bertz CT molecular complexity index is 1210. The Morgan fingerprint density at radius 2 is 1.78 bits per heavy atom. The third-order valence-corrected chi connectivity index (χ3v) is 6.80. The normalized spacial score (nSPS) is 11.3. The summed E-state index contributed by atoms with van der Waals surface area (Å²) in [5.74, 6) is -0.261. The number of carbonyl (C=O) groups excluding carboxylic acids is 1. The van der Waals surface area contributed by atoms with Crippen LogP contribution in [0.1, 0.15) is 11.1 Å². The number of rotatable bonds is 8. The first-order valence-corrected chi connectivity index (χ1v) is 11.8. The van der Waals surface area contributed by atoms with E-state index in [1.165, 1.54) is 25.5 Å². The number of carbonyl (C=O) groups is 1. The van der Waals surface area contributed by atoms with Gasteiger partial charge in [0.2, 0.25) is 0 Å². The van der Waals surface area contributed by atoms with Crippen LogP contribution in [0.25, 0.3) is 0 Å². The van der Waals surface area contributed by atoms with E-state index in [4.69, 9.17) is 4.74 Å². The van der Waals surface area contributed by atoms with E-state index in [9.17, 15) is 13.2 Å². The number of amides is 1. The van der Waals surface area contributed by atoms with Crippen LogP contribution >= 0.6 is 15.9 Å². The van der Waals surface area contributed by atoms with Crippen molar-refractivity contribution < 1.29 is 17.9 Å². The molecule has 1 N–H and O–H groups in total. The molecule has 0 fully saturated rings. The predicted molar refractivity (Wildman–Crippen MR) is 129 cm³/mol. The zero-order chi connectivity index (χ0) is 23.1. The summed E-state index contributed by atoms with van der Waals surface area (Å²) >= 11 is 3.35. The van der Waals surface area contributed by atoms with Crippen molar-refractivity contribution in [1.82, 2.24) is 5.43 Å². The van der Waals surface area contributed by atoms with E-state index in [0.29, 0.717) is 5.75 Å². The number of sulfonamides is 1. The lowest BCUT2D eigenvalue weighted by atomic mass is 10.2. The van der Waals surface area contributed by atoms with Gasteiger partial charge in [-0.3, -0.25) is 9.10 Å². The quantitative estimate of drug-likeness (QED) is 0.361. The third kappa shape index (κ3) is 5.74. The van der Waals surface area contributed by atoms with Crippen LogP contribution < -0.4 is 14.5 Å². The van der Waals surface area contributed by atoms with Gasteiger partial charge in [0.25, 0.3) is 15.9 Å². The number of benzene rings is 3. The van der Waals surface area contributed by atoms with Crippen LogP contribution in [0.2, 0.25) is 0 Å². The first-order chi connectivity index (χ1) is 15.3. The molecule has 0 aliphatic carbocycles. The molecular formula is C23H22BrN3O4S. The first kappa shape index (κ1) is 23.5. The largest absolute Gasteiger partial charge is 0.495 e.